The van der Waals surface area contributed by atoms with Crippen LogP contribution < -0.4 is 10.6 Å². The van der Waals surface area contributed by atoms with E-state index in [-0.39, 0.29) is 18.3 Å². The van der Waals surface area contributed by atoms with Crippen LogP contribution in [0.5, 0.6) is 0 Å². The lowest BCUT2D eigenvalue weighted by Gasteiger charge is -2.08. The van der Waals surface area contributed by atoms with Gasteiger partial charge in [0.2, 0.25) is 5.91 Å². The van der Waals surface area contributed by atoms with Crippen LogP contribution in [0, 0.1) is 12.7 Å². The zero-order valence-corrected chi connectivity index (χ0v) is 10.3. The molecule has 0 aliphatic rings. The standard InChI is InChI=1S/C13H19FN2O/c1-3-4-7-15-13(17)9-16-12-8-10(2)5-6-11(12)14/h5-6,8,16H,3-4,7,9H2,1-2H3,(H,15,17). The first kappa shape index (κ1) is 13.5. The summed E-state index contributed by atoms with van der Waals surface area (Å²) < 4.78 is 13.3. The molecular formula is C13H19FN2O. The van der Waals surface area contributed by atoms with Gasteiger partial charge < -0.3 is 10.6 Å². The van der Waals surface area contributed by atoms with Crippen LogP contribution >= 0.6 is 0 Å². The number of benzene rings is 1. The summed E-state index contributed by atoms with van der Waals surface area (Å²) in [7, 11) is 0. The predicted molar refractivity (Wildman–Crippen MR) is 67.5 cm³/mol. The molecule has 0 saturated carbocycles. The number of amides is 1. The Morgan fingerprint density at radius 2 is 2.18 bits per heavy atom. The number of carbonyl (C=O) groups is 1. The first-order valence-electron chi connectivity index (χ1n) is 5.90. The lowest BCUT2D eigenvalue weighted by atomic mass is 10.2. The topological polar surface area (TPSA) is 41.1 Å². The Bertz CT molecular complexity index is 380. The van der Waals surface area contributed by atoms with Gasteiger partial charge in [0.25, 0.3) is 0 Å². The molecule has 1 amide bonds. The van der Waals surface area contributed by atoms with Gasteiger partial charge >= 0.3 is 0 Å². The molecule has 0 unspecified atom stereocenters. The van der Waals surface area contributed by atoms with Crippen molar-refractivity contribution < 1.29 is 9.18 Å². The average Bonchev–Trinajstić information content (AvgIpc) is 2.31. The summed E-state index contributed by atoms with van der Waals surface area (Å²) in [6.07, 6.45) is 2.00. The Balaban J connectivity index is 2.39. The van der Waals surface area contributed by atoms with Gasteiger partial charge in [-0.15, -0.1) is 0 Å². The summed E-state index contributed by atoms with van der Waals surface area (Å²) in [5.41, 5.74) is 1.33. The zero-order chi connectivity index (χ0) is 12.7. The first-order valence-corrected chi connectivity index (χ1v) is 5.90. The molecule has 3 nitrogen and oxygen atoms in total. The fraction of sp³-hybridized carbons (Fsp3) is 0.462. The van der Waals surface area contributed by atoms with E-state index >= 15 is 0 Å². The molecule has 0 aliphatic carbocycles. The molecule has 1 aromatic rings. The Kier molecular flexibility index (Phi) is 5.46. The van der Waals surface area contributed by atoms with Gasteiger partial charge in [-0.3, -0.25) is 4.79 Å². The molecule has 0 fully saturated rings. The lowest BCUT2D eigenvalue weighted by molar-refractivity contribution is -0.119. The third kappa shape index (κ3) is 4.85. The maximum Gasteiger partial charge on any atom is 0.239 e. The summed E-state index contributed by atoms with van der Waals surface area (Å²) in [5, 5.41) is 5.56. The van der Waals surface area contributed by atoms with Crippen molar-refractivity contribution in [3.05, 3.63) is 29.6 Å². The SMILES string of the molecule is CCCCNC(=O)CNc1cc(C)ccc1F. The molecule has 0 heterocycles. The van der Waals surface area contributed by atoms with E-state index in [1.54, 1.807) is 12.1 Å². The number of carbonyl (C=O) groups excluding carboxylic acids is 1. The van der Waals surface area contributed by atoms with Crippen molar-refractivity contribution in [1.29, 1.82) is 0 Å². The second-order valence-electron chi connectivity index (χ2n) is 4.04. The van der Waals surface area contributed by atoms with E-state index in [1.165, 1.54) is 6.07 Å². The number of hydrogen-bond donors (Lipinski definition) is 2. The molecule has 1 aromatic carbocycles. The van der Waals surface area contributed by atoms with E-state index in [4.69, 9.17) is 0 Å². The van der Waals surface area contributed by atoms with E-state index in [0.29, 0.717) is 12.2 Å². The number of hydrogen-bond acceptors (Lipinski definition) is 2. The highest BCUT2D eigenvalue weighted by Gasteiger charge is 2.04. The van der Waals surface area contributed by atoms with Gasteiger partial charge in [0.1, 0.15) is 5.82 Å². The van der Waals surface area contributed by atoms with Crippen LogP contribution in [0.4, 0.5) is 10.1 Å². The number of rotatable bonds is 6. The summed E-state index contributed by atoms with van der Waals surface area (Å²) in [5.74, 6) is -0.448. The highest BCUT2D eigenvalue weighted by atomic mass is 19.1. The maximum atomic E-state index is 13.3. The Morgan fingerprint density at radius 3 is 2.88 bits per heavy atom. The van der Waals surface area contributed by atoms with Crippen molar-refractivity contribution in [2.24, 2.45) is 0 Å². The minimum absolute atomic E-state index is 0.101. The van der Waals surface area contributed by atoms with Crippen molar-refractivity contribution in [3.63, 3.8) is 0 Å². The fourth-order valence-corrected chi connectivity index (χ4v) is 1.42. The molecule has 0 saturated heterocycles. The quantitative estimate of drug-likeness (QED) is 0.747. The van der Waals surface area contributed by atoms with Gasteiger partial charge in [-0.1, -0.05) is 19.4 Å². The Hall–Kier alpha value is -1.58. The van der Waals surface area contributed by atoms with Crippen LogP contribution in [0.1, 0.15) is 25.3 Å². The van der Waals surface area contributed by atoms with Gasteiger partial charge in [-0.25, -0.2) is 4.39 Å². The molecule has 0 aromatic heterocycles. The second kappa shape index (κ2) is 6.89. The van der Waals surface area contributed by atoms with Crippen molar-refractivity contribution in [1.82, 2.24) is 5.32 Å². The molecular weight excluding hydrogens is 219 g/mol. The van der Waals surface area contributed by atoms with Crippen LogP contribution in [0.2, 0.25) is 0 Å². The number of unbranched alkanes of at least 4 members (excludes halogenated alkanes) is 1. The van der Waals surface area contributed by atoms with Gasteiger partial charge in [-0.2, -0.15) is 0 Å². The van der Waals surface area contributed by atoms with Crippen molar-refractivity contribution in [3.8, 4) is 0 Å². The number of halogens is 1. The van der Waals surface area contributed by atoms with Gasteiger partial charge in [-0.05, 0) is 31.0 Å². The molecule has 4 heteroatoms. The van der Waals surface area contributed by atoms with Crippen molar-refractivity contribution in [2.45, 2.75) is 26.7 Å². The molecule has 0 atom stereocenters. The van der Waals surface area contributed by atoms with Crippen LogP contribution in [-0.2, 0) is 4.79 Å². The summed E-state index contributed by atoms with van der Waals surface area (Å²) in [6.45, 7) is 4.72. The smallest absolute Gasteiger partial charge is 0.239 e. The van der Waals surface area contributed by atoms with Crippen LogP contribution in [0.15, 0.2) is 18.2 Å². The van der Waals surface area contributed by atoms with Crippen molar-refractivity contribution >= 4 is 11.6 Å². The Labute approximate surface area is 101 Å². The van der Waals surface area contributed by atoms with Gasteiger partial charge in [0, 0.05) is 6.54 Å². The van der Waals surface area contributed by atoms with E-state index in [1.807, 2.05) is 6.92 Å². The summed E-state index contributed by atoms with van der Waals surface area (Å²) in [6, 6.07) is 4.78. The Morgan fingerprint density at radius 1 is 1.41 bits per heavy atom. The third-order valence-corrected chi connectivity index (χ3v) is 2.41. The third-order valence-electron chi connectivity index (χ3n) is 2.41. The largest absolute Gasteiger partial charge is 0.374 e. The predicted octanol–water partition coefficient (Wildman–Crippen LogP) is 2.46. The molecule has 0 radical (unpaired) electrons. The monoisotopic (exact) mass is 238 g/mol. The summed E-state index contributed by atoms with van der Waals surface area (Å²) >= 11 is 0. The lowest BCUT2D eigenvalue weighted by Crippen LogP contribution is -2.30. The first-order chi connectivity index (χ1) is 8.13. The molecule has 0 bridgehead atoms. The van der Waals surface area contributed by atoms with E-state index in [2.05, 4.69) is 17.6 Å². The number of aryl methyl sites for hydroxylation is 1. The minimum Gasteiger partial charge on any atom is -0.374 e. The van der Waals surface area contributed by atoms with Crippen molar-refractivity contribution in [2.75, 3.05) is 18.4 Å². The molecule has 0 aliphatic heterocycles. The zero-order valence-electron chi connectivity index (χ0n) is 10.3. The molecule has 2 N–H and O–H groups in total. The number of nitrogens with one attached hydrogen (secondary N) is 2. The highest BCUT2D eigenvalue weighted by molar-refractivity contribution is 5.80. The average molecular weight is 238 g/mol. The summed E-state index contributed by atoms with van der Waals surface area (Å²) in [4.78, 5) is 11.4. The fourth-order valence-electron chi connectivity index (χ4n) is 1.42. The maximum absolute atomic E-state index is 13.3. The minimum atomic E-state index is -0.336. The van der Waals surface area contributed by atoms with E-state index in [0.717, 1.165) is 18.4 Å². The normalized spacial score (nSPS) is 10.1. The molecule has 94 valence electrons. The van der Waals surface area contributed by atoms with E-state index in [9.17, 15) is 9.18 Å². The van der Waals surface area contributed by atoms with E-state index < -0.39 is 0 Å². The van der Waals surface area contributed by atoms with Crippen LogP contribution in [0.3, 0.4) is 0 Å². The van der Waals surface area contributed by atoms with Gasteiger partial charge in [0.05, 0.1) is 12.2 Å². The molecule has 0 spiro atoms. The van der Waals surface area contributed by atoms with Crippen LogP contribution in [-0.4, -0.2) is 19.0 Å². The molecule has 1 rings (SSSR count). The second-order valence-corrected chi connectivity index (χ2v) is 4.04. The number of anilines is 1. The van der Waals surface area contributed by atoms with Gasteiger partial charge in [0.15, 0.2) is 0 Å². The molecule has 17 heavy (non-hydrogen) atoms. The van der Waals surface area contributed by atoms with Crippen LogP contribution in [0.25, 0.3) is 0 Å². The highest BCUT2D eigenvalue weighted by Crippen LogP contribution is 2.14.